The van der Waals surface area contributed by atoms with Crippen molar-refractivity contribution in [3.63, 3.8) is 0 Å². The van der Waals surface area contributed by atoms with Gasteiger partial charge in [-0.05, 0) is 25.9 Å². The van der Waals surface area contributed by atoms with Crippen LogP contribution in [0.15, 0.2) is 12.4 Å². The fourth-order valence-electron chi connectivity index (χ4n) is 1.88. The van der Waals surface area contributed by atoms with Gasteiger partial charge in [-0.3, -0.25) is 9.69 Å². The van der Waals surface area contributed by atoms with E-state index in [1.807, 2.05) is 0 Å². The van der Waals surface area contributed by atoms with Crippen LogP contribution in [0.2, 0.25) is 0 Å². The van der Waals surface area contributed by atoms with Gasteiger partial charge in [0.2, 0.25) is 5.95 Å². The van der Waals surface area contributed by atoms with Gasteiger partial charge in [0.15, 0.2) is 0 Å². The van der Waals surface area contributed by atoms with Crippen molar-refractivity contribution in [2.75, 3.05) is 25.0 Å². The number of aromatic nitrogens is 2. The van der Waals surface area contributed by atoms with Crippen molar-refractivity contribution in [3.05, 3.63) is 18.0 Å². The number of carbonyl (C=O) groups is 1. The fraction of sp³-hybridized carbons (Fsp3) is 0.545. The van der Waals surface area contributed by atoms with Gasteiger partial charge in [0, 0.05) is 24.5 Å². The van der Waals surface area contributed by atoms with E-state index in [9.17, 15) is 4.79 Å². The highest BCUT2D eigenvalue weighted by Crippen LogP contribution is 2.11. The van der Waals surface area contributed by atoms with E-state index in [0.717, 1.165) is 25.2 Å². The molecule has 0 amide bonds. The van der Waals surface area contributed by atoms with Crippen molar-refractivity contribution >= 4 is 11.9 Å². The second kappa shape index (κ2) is 5.58. The van der Waals surface area contributed by atoms with E-state index in [4.69, 9.17) is 5.11 Å². The molecule has 2 rings (SSSR count). The van der Waals surface area contributed by atoms with Gasteiger partial charge in [0.05, 0.1) is 0 Å². The van der Waals surface area contributed by atoms with E-state index < -0.39 is 5.97 Å². The minimum absolute atomic E-state index is 0.161. The minimum atomic E-state index is -0.922. The Bertz CT molecular complexity index is 374. The maximum atomic E-state index is 10.3. The summed E-state index contributed by atoms with van der Waals surface area (Å²) in [6.07, 6.45) is 6.02. The maximum Gasteiger partial charge on any atom is 0.322 e. The minimum Gasteiger partial charge on any atom is -0.480 e. The van der Waals surface area contributed by atoms with Crippen molar-refractivity contribution in [2.45, 2.75) is 19.4 Å². The average molecular weight is 236 g/mol. The number of nitrogens with zero attached hydrogens (tertiary/aromatic N) is 3. The predicted octanol–water partition coefficient (Wildman–Crippen LogP) is 0.569. The molecule has 2 N–H and O–H groups in total. The average Bonchev–Trinajstić information content (AvgIpc) is 2.81. The van der Waals surface area contributed by atoms with Crippen molar-refractivity contribution in [2.24, 2.45) is 0 Å². The lowest BCUT2D eigenvalue weighted by molar-refractivity contribution is -0.134. The zero-order valence-corrected chi connectivity index (χ0v) is 9.59. The Balaban J connectivity index is 1.86. The summed E-state index contributed by atoms with van der Waals surface area (Å²) in [5.41, 5.74) is 1.06. The second-order valence-corrected chi connectivity index (χ2v) is 4.15. The van der Waals surface area contributed by atoms with Crippen molar-refractivity contribution in [1.82, 2.24) is 14.9 Å². The van der Waals surface area contributed by atoms with Crippen LogP contribution < -0.4 is 5.32 Å². The van der Waals surface area contributed by atoms with E-state index in [-0.39, 0.29) is 6.54 Å². The summed E-state index contributed by atoms with van der Waals surface area (Å²) in [7, 11) is 0. The molecule has 6 nitrogen and oxygen atoms in total. The number of aliphatic carboxylic acids is 1. The van der Waals surface area contributed by atoms with Gasteiger partial charge in [0.25, 0.3) is 0 Å². The number of nitrogens with one attached hydrogen (secondary N) is 1. The molecule has 0 unspecified atom stereocenters. The Kier molecular flexibility index (Phi) is 3.87. The molecule has 1 aliphatic heterocycles. The zero-order chi connectivity index (χ0) is 12.1. The molecular weight excluding hydrogens is 220 g/mol. The van der Waals surface area contributed by atoms with E-state index >= 15 is 0 Å². The molecule has 1 fully saturated rings. The molecule has 0 radical (unpaired) electrons. The summed E-state index contributed by atoms with van der Waals surface area (Å²) in [5.74, 6) is -0.563. The lowest BCUT2D eigenvalue weighted by Crippen LogP contribution is -2.19. The Morgan fingerprint density at radius 3 is 2.59 bits per heavy atom. The first-order valence-corrected chi connectivity index (χ1v) is 5.73. The fourth-order valence-corrected chi connectivity index (χ4v) is 1.88. The topological polar surface area (TPSA) is 78.3 Å². The standard InChI is InChI=1S/C11H16N4O2/c16-10(17)7-14-11-12-5-9(6-13-11)8-15-3-1-2-4-15/h5-6H,1-4,7-8H2,(H,16,17)(H,12,13,14). The lowest BCUT2D eigenvalue weighted by atomic mass is 10.3. The monoisotopic (exact) mass is 236 g/mol. The number of carboxylic acids is 1. The number of anilines is 1. The summed E-state index contributed by atoms with van der Waals surface area (Å²) in [6.45, 7) is 2.99. The third-order valence-electron chi connectivity index (χ3n) is 2.71. The van der Waals surface area contributed by atoms with Gasteiger partial charge in [-0.2, -0.15) is 0 Å². The third kappa shape index (κ3) is 3.67. The molecular formula is C11H16N4O2. The van der Waals surface area contributed by atoms with Crippen molar-refractivity contribution in [1.29, 1.82) is 0 Å². The van der Waals surface area contributed by atoms with Crippen LogP contribution in [0.5, 0.6) is 0 Å². The first-order valence-electron chi connectivity index (χ1n) is 5.73. The smallest absolute Gasteiger partial charge is 0.322 e. The molecule has 0 spiro atoms. The quantitative estimate of drug-likeness (QED) is 0.778. The summed E-state index contributed by atoms with van der Waals surface area (Å²) in [6, 6.07) is 0. The molecule has 0 aliphatic carbocycles. The molecule has 0 saturated carbocycles. The van der Waals surface area contributed by atoms with Crippen LogP contribution in [0.3, 0.4) is 0 Å². The Labute approximate surface area is 99.7 Å². The highest BCUT2D eigenvalue weighted by molar-refractivity contribution is 5.71. The summed E-state index contributed by atoms with van der Waals surface area (Å²) >= 11 is 0. The number of hydrogen-bond acceptors (Lipinski definition) is 5. The van der Waals surface area contributed by atoms with Crippen LogP contribution in [0, 0.1) is 0 Å². The number of rotatable bonds is 5. The first kappa shape index (κ1) is 11.8. The molecule has 92 valence electrons. The van der Waals surface area contributed by atoms with E-state index in [1.165, 1.54) is 12.8 Å². The highest BCUT2D eigenvalue weighted by Gasteiger charge is 2.11. The van der Waals surface area contributed by atoms with Gasteiger partial charge >= 0.3 is 5.97 Å². The summed E-state index contributed by atoms with van der Waals surface area (Å²) < 4.78 is 0. The van der Waals surface area contributed by atoms with Gasteiger partial charge in [0.1, 0.15) is 6.54 Å². The van der Waals surface area contributed by atoms with E-state index in [1.54, 1.807) is 12.4 Å². The predicted molar refractivity (Wildman–Crippen MR) is 62.7 cm³/mol. The van der Waals surface area contributed by atoms with Gasteiger partial charge in [-0.15, -0.1) is 0 Å². The second-order valence-electron chi connectivity index (χ2n) is 4.15. The van der Waals surface area contributed by atoms with Crippen LogP contribution in [0.25, 0.3) is 0 Å². The molecule has 1 aliphatic rings. The Morgan fingerprint density at radius 2 is 2.00 bits per heavy atom. The molecule has 1 aromatic heterocycles. The van der Waals surface area contributed by atoms with E-state index in [0.29, 0.717) is 5.95 Å². The largest absolute Gasteiger partial charge is 0.480 e. The van der Waals surface area contributed by atoms with Crippen molar-refractivity contribution in [3.8, 4) is 0 Å². The van der Waals surface area contributed by atoms with Gasteiger partial charge < -0.3 is 10.4 Å². The lowest BCUT2D eigenvalue weighted by Gasteiger charge is -2.13. The number of hydrogen-bond donors (Lipinski definition) is 2. The molecule has 0 atom stereocenters. The molecule has 2 heterocycles. The SMILES string of the molecule is O=C(O)CNc1ncc(CN2CCCC2)cn1. The first-order chi connectivity index (χ1) is 8.24. The van der Waals surface area contributed by atoms with Crippen LogP contribution >= 0.6 is 0 Å². The number of carboxylic acid groups (broad SMARTS) is 1. The highest BCUT2D eigenvalue weighted by atomic mass is 16.4. The normalized spacial score (nSPS) is 16.0. The summed E-state index contributed by atoms with van der Waals surface area (Å²) in [4.78, 5) is 20.9. The molecule has 0 bridgehead atoms. The molecule has 6 heteroatoms. The summed E-state index contributed by atoms with van der Waals surface area (Å²) in [5, 5.41) is 11.1. The maximum absolute atomic E-state index is 10.3. The van der Waals surface area contributed by atoms with Gasteiger partial charge in [-0.1, -0.05) is 0 Å². The van der Waals surface area contributed by atoms with E-state index in [2.05, 4.69) is 20.2 Å². The van der Waals surface area contributed by atoms with Crippen molar-refractivity contribution < 1.29 is 9.90 Å². The third-order valence-corrected chi connectivity index (χ3v) is 2.71. The zero-order valence-electron chi connectivity index (χ0n) is 9.59. The van der Waals surface area contributed by atoms with Crippen LogP contribution in [0.1, 0.15) is 18.4 Å². The Hall–Kier alpha value is -1.69. The van der Waals surface area contributed by atoms with Gasteiger partial charge in [-0.25, -0.2) is 9.97 Å². The molecule has 17 heavy (non-hydrogen) atoms. The Morgan fingerprint density at radius 1 is 1.35 bits per heavy atom. The molecule has 1 saturated heterocycles. The number of likely N-dealkylation sites (tertiary alicyclic amines) is 1. The van der Waals surface area contributed by atoms with Crippen LogP contribution in [0.4, 0.5) is 5.95 Å². The molecule has 1 aromatic rings. The molecule has 0 aromatic carbocycles. The van der Waals surface area contributed by atoms with Crippen LogP contribution in [-0.2, 0) is 11.3 Å². The van der Waals surface area contributed by atoms with Crippen LogP contribution in [-0.4, -0.2) is 45.6 Å².